The number of carbonyl (C=O) groups excluding carboxylic acids is 1. The van der Waals surface area contributed by atoms with Crippen LogP contribution in [0.2, 0.25) is 0 Å². The maximum absolute atomic E-state index is 11.5. The Bertz CT molecular complexity index is 312. The van der Waals surface area contributed by atoms with Crippen molar-refractivity contribution in [3.63, 3.8) is 0 Å². The molecule has 0 aliphatic heterocycles. The van der Waals surface area contributed by atoms with E-state index >= 15 is 0 Å². The van der Waals surface area contributed by atoms with Gasteiger partial charge in [0.25, 0.3) is 0 Å². The molecular formula is C13H21NO2. The minimum Gasteiger partial charge on any atom is -0.550 e. The average Bonchev–Trinajstić information content (AvgIpc) is 2.14. The highest BCUT2D eigenvalue weighted by Gasteiger charge is 2.57. The second-order valence-electron chi connectivity index (χ2n) is 6.63. The molecule has 2 atom stereocenters. The summed E-state index contributed by atoms with van der Waals surface area (Å²) in [5.74, 6) is 0.548. The molecule has 0 radical (unpaired) electrons. The van der Waals surface area contributed by atoms with Crippen molar-refractivity contribution in [1.29, 1.82) is 0 Å². The third-order valence-corrected chi connectivity index (χ3v) is 5.32. The Balaban J connectivity index is 1.93. The van der Waals surface area contributed by atoms with E-state index in [0.29, 0.717) is 17.3 Å². The van der Waals surface area contributed by atoms with Gasteiger partial charge >= 0.3 is 0 Å². The van der Waals surface area contributed by atoms with Crippen LogP contribution in [0, 0.1) is 22.7 Å². The van der Waals surface area contributed by atoms with Crippen molar-refractivity contribution >= 4 is 5.97 Å². The van der Waals surface area contributed by atoms with E-state index in [1.165, 1.54) is 19.3 Å². The van der Waals surface area contributed by atoms with Crippen LogP contribution >= 0.6 is 0 Å². The first-order valence-electron chi connectivity index (χ1n) is 6.58. The maximum atomic E-state index is 11.5. The Morgan fingerprint density at radius 1 is 1.25 bits per heavy atom. The molecule has 0 aromatic heterocycles. The molecule has 0 aromatic carbocycles. The van der Waals surface area contributed by atoms with E-state index < -0.39 is 11.4 Å². The molecule has 0 unspecified atom stereocenters. The zero-order valence-corrected chi connectivity index (χ0v) is 9.84. The van der Waals surface area contributed by atoms with E-state index in [9.17, 15) is 9.90 Å². The molecule has 0 heterocycles. The Morgan fingerprint density at radius 2 is 1.88 bits per heavy atom. The molecule has 16 heavy (non-hydrogen) atoms. The van der Waals surface area contributed by atoms with E-state index in [-0.39, 0.29) is 0 Å². The van der Waals surface area contributed by atoms with Gasteiger partial charge in [-0.1, -0.05) is 0 Å². The molecular weight excluding hydrogens is 202 g/mol. The molecule has 0 aromatic rings. The van der Waals surface area contributed by atoms with E-state index in [0.717, 1.165) is 32.2 Å². The van der Waals surface area contributed by atoms with Gasteiger partial charge in [-0.15, -0.1) is 0 Å². The van der Waals surface area contributed by atoms with Crippen molar-refractivity contribution in [2.75, 3.05) is 6.54 Å². The third-order valence-electron chi connectivity index (χ3n) is 5.32. The lowest BCUT2D eigenvalue weighted by Crippen LogP contribution is -2.60. The SMILES string of the molecule is [NH3+]CCC12C[C@@H]3C[C@@H](C1)CC(C(=O)[O-])(C3)C2. The van der Waals surface area contributed by atoms with Gasteiger partial charge in [0, 0.05) is 17.8 Å². The lowest BCUT2D eigenvalue weighted by molar-refractivity contribution is -0.376. The zero-order valence-electron chi connectivity index (χ0n) is 9.84. The Kier molecular flexibility index (Phi) is 2.13. The van der Waals surface area contributed by atoms with Crippen molar-refractivity contribution < 1.29 is 15.6 Å². The van der Waals surface area contributed by atoms with Gasteiger partial charge in [0.15, 0.2) is 0 Å². The summed E-state index contributed by atoms with van der Waals surface area (Å²) in [6.07, 6.45) is 7.57. The molecule has 4 aliphatic rings. The molecule has 90 valence electrons. The van der Waals surface area contributed by atoms with Crippen LogP contribution in [-0.4, -0.2) is 12.5 Å². The lowest BCUT2D eigenvalue weighted by atomic mass is 9.43. The van der Waals surface area contributed by atoms with Gasteiger partial charge in [-0.2, -0.15) is 0 Å². The number of carbonyl (C=O) groups is 1. The summed E-state index contributed by atoms with van der Waals surface area (Å²) in [5, 5.41) is 11.5. The fourth-order valence-electron chi connectivity index (χ4n) is 5.36. The van der Waals surface area contributed by atoms with Crippen LogP contribution in [0.1, 0.15) is 44.9 Å². The summed E-state index contributed by atoms with van der Waals surface area (Å²) >= 11 is 0. The largest absolute Gasteiger partial charge is 0.550 e. The predicted molar refractivity (Wildman–Crippen MR) is 56.9 cm³/mol. The normalized spacial score (nSPS) is 49.6. The average molecular weight is 223 g/mol. The van der Waals surface area contributed by atoms with E-state index in [4.69, 9.17) is 0 Å². The van der Waals surface area contributed by atoms with Crippen LogP contribution in [0.25, 0.3) is 0 Å². The number of rotatable bonds is 3. The zero-order chi connectivity index (χ0) is 11.4. The molecule has 4 bridgehead atoms. The summed E-state index contributed by atoms with van der Waals surface area (Å²) in [4.78, 5) is 11.5. The van der Waals surface area contributed by atoms with Crippen LogP contribution in [0.15, 0.2) is 0 Å². The van der Waals surface area contributed by atoms with Gasteiger partial charge in [-0.3, -0.25) is 0 Å². The molecule has 3 N–H and O–H groups in total. The number of carboxylic acid groups (broad SMARTS) is 1. The van der Waals surface area contributed by atoms with Gasteiger partial charge in [0.05, 0.1) is 6.54 Å². The number of aliphatic carboxylic acids is 1. The molecule has 3 nitrogen and oxygen atoms in total. The topological polar surface area (TPSA) is 67.8 Å². The summed E-state index contributed by atoms with van der Waals surface area (Å²) in [6, 6.07) is 0. The Labute approximate surface area is 96.4 Å². The van der Waals surface area contributed by atoms with Crippen LogP contribution in [0.5, 0.6) is 0 Å². The number of hydrogen-bond acceptors (Lipinski definition) is 2. The fourth-order valence-corrected chi connectivity index (χ4v) is 5.36. The van der Waals surface area contributed by atoms with E-state index in [1.807, 2.05) is 0 Å². The highest BCUT2D eigenvalue weighted by atomic mass is 16.4. The summed E-state index contributed by atoms with van der Waals surface area (Å²) in [7, 11) is 0. The van der Waals surface area contributed by atoms with E-state index in [1.54, 1.807) is 0 Å². The second kappa shape index (κ2) is 3.22. The summed E-state index contributed by atoms with van der Waals surface area (Å²) < 4.78 is 0. The number of carboxylic acids is 1. The van der Waals surface area contributed by atoms with Gasteiger partial charge in [0.1, 0.15) is 0 Å². The monoisotopic (exact) mass is 223 g/mol. The maximum Gasteiger partial charge on any atom is 0.0745 e. The van der Waals surface area contributed by atoms with Crippen molar-refractivity contribution in [2.24, 2.45) is 22.7 Å². The van der Waals surface area contributed by atoms with Crippen LogP contribution < -0.4 is 10.8 Å². The van der Waals surface area contributed by atoms with Crippen molar-refractivity contribution in [1.82, 2.24) is 0 Å². The van der Waals surface area contributed by atoms with E-state index in [2.05, 4.69) is 5.73 Å². The van der Waals surface area contributed by atoms with Crippen LogP contribution in [0.3, 0.4) is 0 Å². The van der Waals surface area contributed by atoms with Gasteiger partial charge in [-0.05, 0) is 55.8 Å². The van der Waals surface area contributed by atoms with Crippen LogP contribution in [0.4, 0.5) is 0 Å². The first-order valence-corrected chi connectivity index (χ1v) is 6.58. The minimum absolute atomic E-state index is 0.311. The highest BCUT2D eigenvalue weighted by molar-refractivity contribution is 5.73. The molecule has 4 aliphatic carbocycles. The van der Waals surface area contributed by atoms with Crippen LogP contribution in [-0.2, 0) is 4.79 Å². The molecule has 0 spiro atoms. The third kappa shape index (κ3) is 1.33. The van der Waals surface area contributed by atoms with Gasteiger partial charge < -0.3 is 15.6 Å². The quantitative estimate of drug-likeness (QED) is 0.729. The predicted octanol–water partition coefficient (Wildman–Crippen LogP) is -0.0451. The van der Waals surface area contributed by atoms with Crippen molar-refractivity contribution in [3.05, 3.63) is 0 Å². The molecule has 4 fully saturated rings. The van der Waals surface area contributed by atoms with Gasteiger partial charge in [-0.25, -0.2) is 0 Å². The Hall–Kier alpha value is -0.570. The first kappa shape index (κ1) is 10.6. The molecule has 4 saturated carbocycles. The smallest absolute Gasteiger partial charge is 0.0745 e. The Morgan fingerprint density at radius 3 is 2.38 bits per heavy atom. The number of hydrogen-bond donors (Lipinski definition) is 1. The summed E-state index contributed by atoms with van der Waals surface area (Å²) in [5.41, 5.74) is 3.82. The number of quaternary nitrogens is 1. The van der Waals surface area contributed by atoms with Crippen molar-refractivity contribution in [2.45, 2.75) is 44.9 Å². The molecule has 4 rings (SSSR count). The fraction of sp³-hybridized carbons (Fsp3) is 0.923. The van der Waals surface area contributed by atoms with Gasteiger partial charge in [0.2, 0.25) is 0 Å². The first-order chi connectivity index (χ1) is 7.57. The standard InChI is InChI=1S/C13H21NO2/c14-2-1-12-4-9-3-10(5-12)7-13(6-9,8-12)11(15)16/h9-10H,1-8,14H2,(H,15,16)/t9-,10-,12?,13?/m0/s1. The minimum atomic E-state index is -0.768. The summed E-state index contributed by atoms with van der Waals surface area (Å²) in [6.45, 7) is 0.947. The molecule has 0 saturated heterocycles. The second-order valence-corrected chi connectivity index (χ2v) is 6.63. The molecule has 0 amide bonds. The molecule has 3 heteroatoms. The lowest BCUT2D eigenvalue weighted by Gasteiger charge is -2.62. The highest BCUT2D eigenvalue weighted by Crippen LogP contribution is 2.65. The van der Waals surface area contributed by atoms with Crippen molar-refractivity contribution in [3.8, 4) is 0 Å².